The second kappa shape index (κ2) is 7.69. The van der Waals surface area contributed by atoms with Crippen molar-refractivity contribution < 1.29 is 27.2 Å². The number of H-pyrrole nitrogens is 1. The van der Waals surface area contributed by atoms with Crippen molar-refractivity contribution in [1.29, 1.82) is 0 Å². The van der Waals surface area contributed by atoms with Gasteiger partial charge in [0, 0.05) is 11.8 Å². The van der Waals surface area contributed by atoms with Crippen molar-refractivity contribution in [3.05, 3.63) is 73.5 Å². The van der Waals surface area contributed by atoms with Crippen LogP contribution in [-0.4, -0.2) is 22.9 Å². The second-order valence-electron chi connectivity index (χ2n) is 5.49. The number of carbonyl (C=O) groups is 2. The number of Topliss-reactive ketones (excluding diaryl/α,β-unsaturated/α-hetero) is 1. The average Bonchev–Trinajstić information content (AvgIpc) is 3.25. The summed E-state index contributed by atoms with van der Waals surface area (Å²) in [7, 11) is 0. The molecular weight excluding hydrogens is 397 g/mol. The first-order valence-electron chi connectivity index (χ1n) is 7.71. The van der Waals surface area contributed by atoms with Crippen LogP contribution in [0.5, 0.6) is 0 Å². The Morgan fingerprint density at radius 1 is 1.18 bits per heavy atom. The Morgan fingerprint density at radius 2 is 1.96 bits per heavy atom. The fourth-order valence-corrected chi connectivity index (χ4v) is 3.08. The zero-order valence-corrected chi connectivity index (χ0v) is 14.7. The van der Waals surface area contributed by atoms with Crippen LogP contribution in [0.2, 0.25) is 0 Å². The van der Waals surface area contributed by atoms with Crippen LogP contribution in [0.4, 0.5) is 18.9 Å². The first-order chi connectivity index (χ1) is 13.2. The summed E-state index contributed by atoms with van der Waals surface area (Å²) in [6, 6.07) is 8.62. The maximum absolute atomic E-state index is 12.3. The third-order valence-corrected chi connectivity index (χ3v) is 4.37. The number of halogens is 3. The molecule has 1 amide bonds. The fourth-order valence-electron chi connectivity index (χ4n) is 2.19. The molecule has 0 bridgehead atoms. The van der Waals surface area contributed by atoms with E-state index in [0.29, 0.717) is 10.2 Å². The van der Waals surface area contributed by atoms with Crippen LogP contribution in [0.1, 0.15) is 16.1 Å². The maximum Gasteiger partial charge on any atom is 0.471 e. The molecule has 0 saturated heterocycles. The van der Waals surface area contributed by atoms with Crippen LogP contribution in [0.15, 0.2) is 51.9 Å². The van der Waals surface area contributed by atoms with Gasteiger partial charge in [-0.15, -0.1) is 11.3 Å². The number of hydrogen-bond acceptors (Lipinski definition) is 5. The van der Waals surface area contributed by atoms with Crippen molar-refractivity contribution in [2.45, 2.75) is 6.18 Å². The standard InChI is InChI=1S/C18H11F3N2O4S/c19-18(20,21)17(26)22-11-4-1-3-10(7-11)8-14-16(25)23-15(28-14)9-12(24)13-5-2-6-27-13/h1-9H,(H,22,26)(H,23,25)/b14-8-,15-9-. The van der Waals surface area contributed by atoms with E-state index in [1.54, 1.807) is 17.4 Å². The maximum atomic E-state index is 12.3. The van der Waals surface area contributed by atoms with Gasteiger partial charge in [-0.2, -0.15) is 13.2 Å². The van der Waals surface area contributed by atoms with E-state index in [4.69, 9.17) is 4.42 Å². The van der Waals surface area contributed by atoms with Crippen molar-refractivity contribution in [2.75, 3.05) is 5.32 Å². The smallest absolute Gasteiger partial charge is 0.461 e. The minimum Gasteiger partial charge on any atom is -0.461 e. The fraction of sp³-hybridized carbons (Fsp3) is 0.0556. The topological polar surface area (TPSA) is 92.2 Å². The van der Waals surface area contributed by atoms with Crippen molar-refractivity contribution in [2.24, 2.45) is 0 Å². The summed E-state index contributed by atoms with van der Waals surface area (Å²) in [5, 5.41) is 1.74. The van der Waals surface area contributed by atoms with Crippen molar-refractivity contribution in [1.82, 2.24) is 4.98 Å². The summed E-state index contributed by atoms with van der Waals surface area (Å²) in [5.74, 6) is -2.40. The molecule has 144 valence electrons. The van der Waals surface area contributed by atoms with Crippen LogP contribution in [-0.2, 0) is 4.79 Å². The molecule has 0 aliphatic heterocycles. The van der Waals surface area contributed by atoms with Gasteiger partial charge in [0.1, 0.15) is 0 Å². The highest BCUT2D eigenvalue weighted by Crippen LogP contribution is 2.19. The number of furan rings is 1. The van der Waals surface area contributed by atoms with E-state index in [1.165, 1.54) is 42.7 Å². The van der Waals surface area contributed by atoms with E-state index in [0.717, 1.165) is 11.3 Å². The number of aromatic nitrogens is 1. The number of hydrogen-bond donors (Lipinski definition) is 2. The van der Waals surface area contributed by atoms with E-state index >= 15 is 0 Å². The molecule has 1 aromatic carbocycles. The first-order valence-corrected chi connectivity index (χ1v) is 8.53. The summed E-state index contributed by atoms with van der Waals surface area (Å²) < 4.78 is 42.5. The number of amides is 1. The number of anilines is 1. The number of aromatic amines is 1. The minimum absolute atomic E-state index is 0.0659. The molecule has 28 heavy (non-hydrogen) atoms. The number of thiazole rings is 1. The monoisotopic (exact) mass is 408 g/mol. The molecule has 3 rings (SSSR count). The molecular formula is C18H11F3N2O4S. The van der Waals surface area contributed by atoms with Crippen LogP contribution in [0.3, 0.4) is 0 Å². The van der Waals surface area contributed by atoms with Gasteiger partial charge in [0.15, 0.2) is 5.76 Å². The molecule has 0 radical (unpaired) electrons. The van der Waals surface area contributed by atoms with E-state index in [-0.39, 0.29) is 16.0 Å². The number of carbonyl (C=O) groups excluding carboxylic acids is 2. The zero-order chi connectivity index (χ0) is 20.3. The third-order valence-electron chi connectivity index (χ3n) is 3.41. The number of alkyl halides is 3. The zero-order valence-electron chi connectivity index (χ0n) is 13.9. The van der Waals surface area contributed by atoms with E-state index < -0.39 is 23.4 Å². The SMILES string of the molecule is O=C(/C=c1/[nH]c(=O)/c(=C/c2cccc(NC(=O)C(F)(F)F)c2)s1)c1ccco1. The molecule has 0 saturated carbocycles. The van der Waals surface area contributed by atoms with Gasteiger partial charge in [0.2, 0.25) is 5.78 Å². The predicted molar refractivity (Wildman–Crippen MR) is 96.4 cm³/mol. The lowest BCUT2D eigenvalue weighted by Crippen LogP contribution is -2.29. The summed E-state index contributed by atoms with van der Waals surface area (Å²) in [6.07, 6.45) is -1.01. The molecule has 0 aliphatic rings. The third kappa shape index (κ3) is 4.65. The Kier molecular flexibility index (Phi) is 5.32. The van der Waals surface area contributed by atoms with Gasteiger partial charge >= 0.3 is 12.1 Å². The van der Waals surface area contributed by atoms with Gasteiger partial charge in [-0.05, 0) is 35.9 Å². The second-order valence-corrected chi connectivity index (χ2v) is 6.58. The Hall–Kier alpha value is -3.40. The van der Waals surface area contributed by atoms with Gasteiger partial charge in [-0.3, -0.25) is 14.4 Å². The first kappa shape index (κ1) is 19.4. The summed E-state index contributed by atoms with van der Waals surface area (Å²) in [4.78, 5) is 37.6. The highest BCUT2D eigenvalue weighted by atomic mass is 32.1. The Morgan fingerprint density at radius 3 is 2.64 bits per heavy atom. The molecule has 2 N–H and O–H groups in total. The molecule has 0 fully saturated rings. The lowest BCUT2D eigenvalue weighted by atomic mass is 10.2. The number of benzene rings is 1. The molecule has 2 aromatic heterocycles. The van der Waals surface area contributed by atoms with Crippen LogP contribution in [0, 0.1) is 0 Å². The highest BCUT2D eigenvalue weighted by molar-refractivity contribution is 7.07. The predicted octanol–water partition coefficient (Wildman–Crippen LogP) is 2.02. The van der Waals surface area contributed by atoms with Gasteiger partial charge < -0.3 is 14.7 Å². The summed E-state index contributed by atoms with van der Waals surface area (Å²) in [5.41, 5.74) is -0.131. The number of rotatable bonds is 4. The molecule has 6 nitrogen and oxygen atoms in total. The Balaban J connectivity index is 1.89. The average molecular weight is 408 g/mol. The van der Waals surface area contributed by atoms with Crippen LogP contribution in [0.25, 0.3) is 12.2 Å². The Labute approximate surface area is 158 Å². The lowest BCUT2D eigenvalue weighted by molar-refractivity contribution is -0.167. The van der Waals surface area contributed by atoms with Gasteiger partial charge in [0.25, 0.3) is 5.56 Å². The van der Waals surface area contributed by atoms with Crippen molar-refractivity contribution in [3.8, 4) is 0 Å². The Bertz CT molecular complexity index is 1190. The molecule has 0 aliphatic carbocycles. The molecule has 2 heterocycles. The number of ketones is 1. The molecule has 10 heteroatoms. The molecule has 0 unspecified atom stereocenters. The molecule has 3 aromatic rings. The van der Waals surface area contributed by atoms with E-state index in [1.807, 2.05) is 0 Å². The summed E-state index contributed by atoms with van der Waals surface area (Å²) >= 11 is 0.995. The minimum atomic E-state index is -5.00. The van der Waals surface area contributed by atoms with E-state index in [2.05, 4.69) is 4.98 Å². The molecule has 0 atom stereocenters. The normalized spacial score (nSPS) is 13.0. The van der Waals surface area contributed by atoms with Gasteiger partial charge in [0.05, 0.1) is 15.5 Å². The summed E-state index contributed by atoms with van der Waals surface area (Å²) in [6.45, 7) is 0. The van der Waals surface area contributed by atoms with Crippen LogP contribution < -0.4 is 20.1 Å². The van der Waals surface area contributed by atoms with Crippen molar-refractivity contribution >= 4 is 40.9 Å². The molecule has 0 spiro atoms. The van der Waals surface area contributed by atoms with Gasteiger partial charge in [-0.1, -0.05) is 12.1 Å². The quantitative estimate of drug-likeness (QED) is 0.646. The number of nitrogens with one attached hydrogen (secondary N) is 2. The van der Waals surface area contributed by atoms with Crippen LogP contribution >= 0.6 is 11.3 Å². The van der Waals surface area contributed by atoms with Gasteiger partial charge in [-0.25, -0.2) is 0 Å². The highest BCUT2D eigenvalue weighted by Gasteiger charge is 2.38. The van der Waals surface area contributed by atoms with E-state index in [9.17, 15) is 27.6 Å². The largest absolute Gasteiger partial charge is 0.471 e. The van der Waals surface area contributed by atoms with Crippen molar-refractivity contribution in [3.63, 3.8) is 0 Å². The lowest BCUT2D eigenvalue weighted by Gasteiger charge is -2.08.